The van der Waals surface area contributed by atoms with Gasteiger partial charge >= 0.3 is 11.9 Å². The lowest BCUT2D eigenvalue weighted by Crippen LogP contribution is -2.11. The van der Waals surface area contributed by atoms with Crippen molar-refractivity contribution in [1.29, 1.82) is 0 Å². The number of nitro benzene ring substituents is 1. The second-order valence-electron chi connectivity index (χ2n) is 4.82. The summed E-state index contributed by atoms with van der Waals surface area (Å²) in [7, 11) is 3.81. The zero-order chi connectivity index (χ0) is 19.3. The summed E-state index contributed by atoms with van der Waals surface area (Å²) in [5.41, 5.74) is -0.572. The van der Waals surface area contributed by atoms with Crippen LogP contribution in [0.3, 0.4) is 0 Å². The lowest BCUT2D eigenvalue weighted by atomic mass is 10.1. The number of ether oxygens (including phenoxy) is 4. The van der Waals surface area contributed by atoms with Crippen molar-refractivity contribution in [2.75, 3.05) is 21.3 Å². The second kappa shape index (κ2) is 8.01. The molecule has 0 saturated carbocycles. The van der Waals surface area contributed by atoms with Gasteiger partial charge in [-0.05, 0) is 6.07 Å². The van der Waals surface area contributed by atoms with Crippen LogP contribution in [0.15, 0.2) is 28.9 Å². The molecule has 0 fully saturated rings. The maximum absolute atomic E-state index is 12.3. The molecule has 0 saturated heterocycles. The van der Waals surface area contributed by atoms with Gasteiger partial charge in [-0.1, -0.05) is 0 Å². The number of esters is 2. The maximum atomic E-state index is 12.3. The van der Waals surface area contributed by atoms with Crippen molar-refractivity contribution >= 4 is 17.6 Å². The number of carbonyl (C=O) groups excluding carboxylic acids is 2. The number of furan rings is 1. The molecular weight excluding hydrogens is 350 g/mol. The summed E-state index contributed by atoms with van der Waals surface area (Å²) in [6.45, 7) is -0.342. The Balaban J connectivity index is 2.28. The Kier molecular flexibility index (Phi) is 5.78. The van der Waals surface area contributed by atoms with Crippen LogP contribution in [0.2, 0.25) is 0 Å². The summed E-state index contributed by atoms with van der Waals surface area (Å²) >= 11 is 0. The Morgan fingerprint density at radius 2 is 1.77 bits per heavy atom. The fraction of sp³-hybridized carbons (Fsp3) is 0.250. The van der Waals surface area contributed by atoms with E-state index < -0.39 is 22.5 Å². The molecule has 138 valence electrons. The van der Waals surface area contributed by atoms with Gasteiger partial charge in [-0.25, -0.2) is 9.59 Å². The van der Waals surface area contributed by atoms with E-state index in [0.717, 1.165) is 12.1 Å². The lowest BCUT2D eigenvalue weighted by molar-refractivity contribution is -0.385. The van der Waals surface area contributed by atoms with E-state index in [1.807, 2.05) is 0 Å². The second-order valence-corrected chi connectivity index (χ2v) is 4.82. The lowest BCUT2D eigenvalue weighted by Gasteiger charge is -2.10. The molecule has 0 bridgehead atoms. The topological polar surface area (TPSA) is 127 Å². The highest BCUT2D eigenvalue weighted by molar-refractivity contribution is 5.95. The summed E-state index contributed by atoms with van der Waals surface area (Å²) in [4.78, 5) is 34.3. The number of rotatable bonds is 7. The van der Waals surface area contributed by atoms with Crippen molar-refractivity contribution in [3.63, 3.8) is 0 Å². The first-order chi connectivity index (χ1) is 12.4. The molecular formula is C16H15NO9. The first kappa shape index (κ1) is 18.8. The smallest absolute Gasteiger partial charge is 0.374 e. The highest BCUT2D eigenvalue weighted by Gasteiger charge is 2.26. The zero-order valence-electron chi connectivity index (χ0n) is 14.1. The average Bonchev–Trinajstić information content (AvgIpc) is 3.12. The molecule has 0 N–H and O–H groups in total. The standard InChI is InChI=1S/C16H15NO9/c1-22-12-6-10(11(17(20)21)7-13(12)23-2)15(18)26-8-9-4-5-25-14(9)16(19)24-3/h4-7H,8H2,1-3H3. The normalized spacial score (nSPS) is 10.1. The third-order valence-corrected chi connectivity index (χ3v) is 3.39. The van der Waals surface area contributed by atoms with Crippen molar-refractivity contribution in [3.05, 3.63) is 51.5 Å². The Bertz CT molecular complexity index is 840. The van der Waals surface area contributed by atoms with Crippen molar-refractivity contribution in [3.8, 4) is 11.5 Å². The number of hydrogen-bond donors (Lipinski definition) is 0. The van der Waals surface area contributed by atoms with Gasteiger partial charge in [-0.2, -0.15) is 0 Å². The molecule has 2 rings (SSSR count). The largest absolute Gasteiger partial charge is 0.493 e. The fourth-order valence-corrected chi connectivity index (χ4v) is 2.12. The summed E-state index contributed by atoms with van der Waals surface area (Å²) < 4.78 is 24.6. The van der Waals surface area contributed by atoms with Gasteiger partial charge in [0.2, 0.25) is 5.76 Å². The van der Waals surface area contributed by atoms with E-state index in [1.165, 1.54) is 33.7 Å². The van der Waals surface area contributed by atoms with Crippen LogP contribution in [0.1, 0.15) is 26.5 Å². The number of carbonyl (C=O) groups is 2. The van der Waals surface area contributed by atoms with E-state index in [1.54, 1.807) is 0 Å². The van der Waals surface area contributed by atoms with E-state index >= 15 is 0 Å². The average molecular weight is 365 g/mol. The van der Waals surface area contributed by atoms with Crippen molar-refractivity contribution in [1.82, 2.24) is 0 Å². The number of hydrogen-bond acceptors (Lipinski definition) is 9. The predicted octanol–water partition coefficient (Wildman–Crippen LogP) is 2.35. The van der Waals surface area contributed by atoms with Gasteiger partial charge in [0, 0.05) is 11.6 Å². The van der Waals surface area contributed by atoms with Crippen molar-refractivity contribution < 1.29 is 37.9 Å². The minimum absolute atomic E-state index is 0.0959. The number of nitro groups is 1. The Morgan fingerprint density at radius 3 is 2.35 bits per heavy atom. The van der Waals surface area contributed by atoms with Gasteiger partial charge < -0.3 is 23.4 Å². The summed E-state index contributed by atoms with van der Waals surface area (Å²) in [6.07, 6.45) is 1.23. The SMILES string of the molecule is COC(=O)c1occc1COC(=O)c1cc(OC)c(OC)cc1[N+](=O)[O-]. The molecule has 2 aromatic rings. The molecule has 0 amide bonds. The third-order valence-electron chi connectivity index (χ3n) is 3.39. The Hall–Kier alpha value is -3.56. The van der Waals surface area contributed by atoms with E-state index in [-0.39, 0.29) is 35.0 Å². The van der Waals surface area contributed by atoms with Gasteiger partial charge in [0.05, 0.1) is 38.6 Å². The molecule has 0 aliphatic carbocycles. The van der Waals surface area contributed by atoms with Gasteiger partial charge in [0.25, 0.3) is 5.69 Å². The summed E-state index contributed by atoms with van der Waals surface area (Å²) in [6, 6.07) is 3.63. The monoisotopic (exact) mass is 365 g/mol. The zero-order valence-corrected chi connectivity index (χ0v) is 14.1. The molecule has 0 unspecified atom stereocenters. The molecule has 0 atom stereocenters. The minimum Gasteiger partial charge on any atom is -0.493 e. The van der Waals surface area contributed by atoms with E-state index in [2.05, 4.69) is 4.74 Å². The van der Waals surface area contributed by atoms with Gasteiger partial charge in [-0.15, -0.1) is 0 Å². The molecule has 0 aliphatic rings. The van der Waals surface area contributed by atoms with Crippen LogP contribution in [-0.2, 0) is 16.1 Å². The Morgan fingerprint density at radius 1 is 1.12 bits per heavy atom. The van der Waals surface area contributed by atoms with Crippen LogP contribution in [-0.4, -0.2) is 38.2 Å². The highest BCUT2D eigenvalue weighted by Crippen LogP contribution is 2.35. The molecule has 10 nitrogen and oxygen atoms in total. The van der Waals surface area contributed by atoms with E-state index in [9.17, 15) is 19.7 Å². The predicted molar refractivity (Wildman–Crippen MR) is 85.4 cm³/mol. The van der Waals surface area contributed by atoms with Crippen LogP contribution < -0.4 is 9.47 Å². The maximum Gasteiger partial charge on any atom is 0.374 e. The van der Waals surface area contributed by atoms with Gasteiger partial charge in [-0.3, -0.25) is 10.1 Å². The summed E-state index contributed by atoms with van der Waals surface area (Å²) in [5.74, 6) is -1.61. The highest BCUT2D eigenvalue weighted by atomic mass is 16.6. The molecule has 26 heavy (non-hydrogen) atoms. The van der Waals surface area contributed by atoms with Crippen LogP contribution in [0.4, 0.5) is 5.69 Å². The van der Waals surface area contributed by atoms with Crippen molar-refractivity contribution in [2.24, 2.45) is 0 Å². The van der Waals surface area contributed by atoms with E-state index in [0.29, 0.717) is 0 Å². The molecule has 1 heterocycles. The third kappa shape index (κ3) is 3.74. The molecule has 1 aromatic carbocycles. The molecule has 0 radical (unpaired) electrons. The Labute approximate surface area is 147 Å². The first-order valence-corrected chi connectivity index (χ1v) is 7.15. The molecule has 0 spiro atoms. The molecule has 0 aliphatic heterocycles. The van der Waals surface area contributed by atoms with Gasteiger partial charge in [0.15, 0.2) is 11.5 Å². The fourth-order valence-electron chi connectivity index (χ4n) is 2.12. The van der Waals surface area contributed by atoms with Crippen LogP contribution in [0.25, 0.3) is 0 Å². The van der Waals surface area contributed by atoms with Crippen LogP contribution >= 0.6 is 0 Å². The summed E-state index contributed by atoms with van der Waals surface area (Å²) in [5, 5.41) is 11.2. The van der Waals surface area contributed by atoms with Crippen LogP contribution in [0, 0.1) is 10.1 Å². The quantitative estimate of drug-likeness (QED) is 0.412. The minimum atomic E-state index is -0.977. The van der Waals surface area contributed by atoms with Crippen molar-refractivity contribution in [2.45, 2.75) is 6.61 Å². The number of methoxy groups -OCH3 is 3. The van der Waals surface area contributed by atoms with Gasteiger partial charge in [0.1, 0.15) is 12.2 Å². The van der Waals surface area contributed by atoms with Crippen LogP contribution in [0.5, 0.6) is 11.5 Å². The van der Waals surface area contributed by atoms with E-state index in [4.69, 9.17) is 18.6 Å². The number of nitrogens with zero attached hydrogens (tertiary/aromatic N) is 1. The molecule has 10 heteroatoms. The first-order valence-electron chi connectivity index (χ1n) is 7.15. The number of benzene rings is 1. The molecule has 1 aromatic heterocycles.